The molecule has 1 aliphatic heterocycles. The third kappa shape index (κ3) is 5.87. The first-order chi connectivity index (χ1) is 21.7. The van der Waals surface area contributed by atoms with Gasteiger partial charge in [-0.05, 0) is 48.9 Å². The van der Waals surface area contributed by atoms with E-state index in [9.17, 15) is 19.5 Å². The summed E-state index contributed by atoms with van der Waals surface area (Å²) in [5, 5.41) is 11.3. The number of carboxylic acid groups (broad SMARTS) is 1. The molecule has 10 heteroatoms. The Labute approximate surface area is 260 Å². The van der Waals surface area contributed by atoms with Crippen LogP contribution in [0.5, 0.6) is 5.75 Å². The van der Waals surface area contributed by atoms with Gasteiger partial charge in [-0.25, -0.2) is 14.6 Å². The van der Waals surface area contributed by atoms with Crippen molar-refractivity contribution in [3.05, 3.63) is 108 Å². The molecule has 0 saturated carbocycles. The number of carbonyl (C=O) groups excluding carboxylic acids is 2. The maximum Gasteiger partial charge on any atom is 0.336 e. The first-order valence-corrected chi connectivity index (χ1v) is 14.8. The van der Waals surface area contributed by atoms with Gasteiger partial charge < -0.3 is 19.6 Å². The quantitative estimate of drug-likeness (QED) is 0.271. The predicted octanol–water partition coefficient (Wildman–Crippen LogP) is 4.20. The van der Waals surface area contributed by atoms with E-state index in [1.807, 2.05) is 90.0 Å². The number of quaternary nitrogens is 1. The van der Waals surface area contributed by atoms with Gasteiger partial charge in [0, 0.05) is 36.6 Å². The molecule has 228 valence electrons. The van der Waals surface area contributed by atoms with Crippen LogP contribution < -0.4 is 15.4 Å². The monoisotopic (exact) mass is 604 g/mol. The number of benzene rings is 4. The van der Waals surface area contributed by atoms with E-state index in [2.05, 4.69) is 5.73 Å². The van der Waals surface area contributed by atoms with Crippen molar-refractivity contribution in [3.8, 4) is 22.8 Å². The number of aryl methyl sites for hydroxylation is 1. The van der Waals surface area contributed by atoms with E-state index >= 15 is 0 Å². The number of anilines is 1. The van der Waals surface area contributed by atoms with Crippen LogP contribution in [0.4, 0.5) is 5.69 Å². The molecule has 1 fully saturated rings. The van der Waals surface area contributed by atoms with Crippen LogP contribution in [-0.4, -0.2) is 69.6 Å². The lowest BCUT2D eigenvalue weighted by atomic mass is 10.0. The van der Waals surface area contributed by atoms with Crippen molar-refractivity contribution in [2.45, 2.75) is 19.9 Å². The van der Waals surface area contributed by atoms with Crippen molar-refractivity contribution in [3.63, 3.8) is 0 Å². The van der Waals surface area contributed by atoms with E-state index in [1.165, 1.54) is 4.90 Å². The predicted molar refractivity (Wildman–Crippen MR) is 171 cm³/mol. The summed E-state index contributed by atoms with van der Waals surface area (Å²) >= 11 is 0. The van der Waals surface area contributed by atoms with Crippen LogP contribution in [0.1, 0.15) is 33.3 Å². The molecular formula is C35H34N5O5+. The number of rotatable bonds is 8. The Morgan fingerprint density at radius 1 is 0.956 bits per heavy atom. The van der Waals surface area contributed by atoms with Gasteiger partial charge in [0.15, 0.2) is 6.04 Å². The highest BCUT2D eigenvalue weighted by Crippen LogP contribution is 2.30. The van der Waals surface area contributed by atoms with Crippen molar-refractivity contribution >= 4 is 34.2 Å². The maximum absolute atomic E-state index is 14.1. The Kier molecular flexibility index (Phi) is 8.06. The second kappa shape index (κ2) is 12.3. The van der Waals surface area contributed by atoms with Crippen LogP contribution in [0.2, 0.25) is 0 Å². The normalized spacial score (nSPS) is 14.9. The number of imidazole rings is 1. The van der Waals surface area contributed by atoms with Gasteiger partial charge in [0.25, 0.3) is 5.91 Å². The largest absolute Gasteiger partial charge is 0.494 e. The first kappa shape index (κ1) is 29.6. The number of carbonyl (C=O) groups is 3. The fraction of sp³-hybridized carbons (Fsp3) is 0.200. The molecule has 1 atom stereocenters. The van der Waals surface area contributed by atoms with E-state index in [-0.39, 0.29) is 30.3 Å². The third-order valence-electron chi connectivity index (χ3n) is 8.10. The number of carboxylic acids is 1. The second-order valence-electron chi connectivity index (χ2n) is 11.1. The Hall–Kier alpha value is -5.48. The van der Waals surface area contributed by atoms with E-state index in [4.69, 9.17) is 9.72 Å². The fourth-order valence-corrected chi connectivity index (χ4v) is 5.81. The molecule has 4 aromatic carbocycles. The molecule has 5 aromatic rings. The molecule has 2 heterocycles. The number of aromatic nitrogens is 2. The van der Waals surface area contributed by atoms with Crippen molar-refractivity contribution in [2.75, 3.05) is 31.1 Å². The minimum Gasteiger partial charge on any atom is -0.494 e. The van der Waals surface area contributed by atoms with E-state index in [0.717, 1.165) is 22.2 Å². The lowest BCUT2D eigenvalue weighted by molar-refractivity contribution is -0.310. The van der Waals surface area contributed by atoms with Gasteiger partial charge in [0.2, 0.25) is 0 Å². The van der Waals surface area contributed by atoms with Crippen LogP contribution in [0.3, 0.4) is 0 Å². The number of nitrogens with zero attached hydrogens (tertiary/aromatic N) is 4. The molecule has 10 nitrogen and oxygen atoms in total. The van der Waals surface area contributed by atoms with Crippen molar-refractivity contribution in [2.24, 2.45) is 0 Å². The smallest absolute Gasteiger partial charge is 0.336 e. The average molecular weight is 605 g/mol. The molecule has 1 saturated heterocycles. The van der Waals surface area contributed by atoms with Crippen molar-refractivity contribution in [1.82, 2.24) is 14.5 Å². The van der Waals surface area contributed by atoms with Crippen LogP contribution in [0, 0.1) is 6.92 Å². The summed E-state index contributed by atoms with van der Waals surface area (Å²) < 4.78 is 7.58. The third-order valence-corrected chi connectivity index (χ3v) is 8.10. The van der Waals surface area contributed by atoms with Crippen molar-refractivity contribution < 1.29 is 30.0 Å². The number of ether oxygens (including phenoxy) is 1. The summed E-state index contributed by atoms with van der Waals surface area (Å²) in [4.78, 5) is 47.3. The molecule has 1 aromatic heterocycles. The van der Waals surface area contributed by atoms with Crippen LogP contribution in [0.15, 0.2) is 91.1 Å². The standard InChI is InChI=1S/C35H33N5O5/c1-3-45-27-9-6-8-25(18-27)40-20-30(37-33(40)23-13-11-22(2)12-14-23)34(42)39-16-15-38(21-31(39)32(36)41)26-17-24-7-4-5-10-28(24)29(19-26)35(43)44/h4-14,17-20,31H,3,15-16,21H2,1-2H3,(H2,36,41)(H,43,44)/p+1. The zero-order valence-corrected chi connectivity index (χ0v) is 25.1. The minimum absolute atomic E-state index is 0.174. The number of hydrogen-bond acceptors (Lipinski definition) is 6. The molecule has 45 heavy (non-hydrogen) atoms. The van der Waals surface area contributed by atoms with Gasteiger partial charge in [0.05, 0.1) is 24.4 Å². The van der Waals surface area contributed by atoms with E-state index in [1.54, 1.807) is 24.4 Å². The average Bonchev–Trinajstić information content (AvgIpc) is 3.50. The first-order valence-electron chi connectivity index (χ1n) is 14.8. The molecule has 0 bridgehead atoms. The summed E-state index contributed by atoms with van der Waals surface area (Å²) in [5.41, 5.74) is 7.44. The SMILES string of the molecule is CCOc1cccc(-n2cc(C(=O)N3CCN(c4cc(C(=O)O)c5ccccc5c4)CC3C([NH3+])=O)nc2-c2ccc(C)cc2)c1. The summed E-state index contributed by atoms with van der Waals surface area (Å²) in [6.45, 7) is 5.25. The molecule has 4 N–H and O–H groups in total. The van der Waals surface area contributed by atoms with Gasteiger partial charge in [-0.3, -0.25) is 15.1 Å². The highest BCUT2D eigenvalue weighted by molar-refractivity contribution is 6.05. The lowest BCUT2D eigenvalue weighted by Crippen LogP contribution is -2.71. The Morgan fingerprint density at radius 3 is 2.47 bits per heavy atom. The second-order valence-corrected chi connectivity index (χ2v) is 11.1. The summed E-state index contributed by atoms with van der Waals surface area (Å²) in [6.07, 6.45) is 1.70. The Balaban J connectivity index is 1.34. The lowest BCUT2D eigenvalue weighted by Gasteiger charge is -2.39. The molecule has 2 amide bonds. The van der Waals surface area contributed by atoms with Gasteiger partial charge in [-0.15, -0.1) is 0 Å². The molecule has 0 aliphatic carbocycles. The molecular weight excluding hydrogens is 570 g/mol. The fourth-order valence-electron chi connectivity index (χ4n) is 5.81. The van der Waals surface area contributed by atoms with Crippen LogP contribution >= 0.6 is 0 Å². The maximum atomic E-state index is 14.1. The van der Waals surface area contributed by atoms with Crippen molar-refractivity contribution in [1.29, 1.82) is 0 Å². The van der Waals surface area contributed by atoms with Gasteiger partial charge in [-0.1, -0.05) is 60.2 Å². The zero-order chi connectivity index (χ0) is 31.7. The summed E-state index contributed by atoms with van der Waals surface area (Å²) in [5.74, 6) is -0.534. The molecule has 0 spiro atoms. The van der Waals surface area contributed by atoms with Gasteiger partial charge >= 0.3 is 11.9 Å². The topological polar surface area (TPSA) is 133 Å². The summed E-state index contributed by atoms with van der Waals surface area (Å²) in [6, 6.07) is 25.5. The number of hydrogen-bond donors (Lipinski definition) is 2. The Bertz CT molecular complexity index is 1920. The Morgan fingerprint density at radius 2 is 1.73 bits per heavy atom. The highest BCUT2D eigenvalue weighted by atomic mass is 16.5. The molecule has 1 unspecified atom stereocenters. The van der Waals surface area contributed by atoms with Gasteiger partial charge in [0.1, 0.15) is 17.3 Å². The molecule has 1 aliphatic rings. The van der Waals surface area contributed by atoms with Gasteiger partial charge in [-0.2, -0.15) is 0 Å². The number of piperazine rings is 1. The highest BCUT2D eigenvalue weighted by Gasteiger charge is 2.38. The number of fused-ring (bicyclic) bond motifs is 1. The zero-order valence-electron chi connectivity index (χ0n) is 25.1. The van der Waals surface area contributed by atoms with E-state index < -0.39 is 17.9 Å². The summed E-state index contributed by atoms with van der Waals surface area (Å²) in [7, 11) is 0. The molecule has 6 rings (SSSR count). The van der Waals surface area contributed by atoms with E-state index in [0.29, 0.717) is 35.8 Å². The van der Waals surface area contributed by atoms with Crippen LogP contribution in [-0.2, 0) is 4.79 Å². The minimum atomic E-state index is -1.03. The number of amides is 2. The van der Waals surface area contributed by atoms with Crippen LogP contribution in [0.25, 0.3) is 27.8 Å². The molecule has 0 radical (unpaired) electrons. The number of aromatic carboxylic acids is 1.